The lowest BCUT2D eigenvalue weighted by molar-refractivity contribution is 0.143. The van der Waals surface area contributed by atoms with Crippen LogP contribution in [-0.2, 0) is 0 Å². The molecule has 1 atom stereocenters. The Labute approximate surface area is 152 Å². The molecule has 1 rings (SSSR count). The summed E-state index contributed by atoms with van der Waals surface area (Å²) < 4.78 is 0. The summed E-state index contributed by atoms with van der Waals surface area (Å²) in [6.07, 6.45) is 25.0. The fraction of sp³-hybridized carbons (Fsp3) is 0.909. The zero-order valence-electron chi connectivity index (χ0n) is 16.9. The Bertz CT molecular complexity index is 300. The van der Waals surface area contributed by atoms with Gasteiger partial charge in [-0.2, -0.15) is 0 Å². The van der Waals surface area contributed by atoms with E-state index in [1.807, 2.05) is 0 Å². The van der Waals surface area contributed by atoms with E-state index in [1.165, 1.54) is 96.4 Å². The molecule has 0 aliphatic carbocycles. The van der Waals surface area contributed by atoms with Crippen LogP contribution >= 0.6 is 0 Å². The van der Waals surface area contributed by atoms with Crippen molar-refractivity contribution in [3.8, 4) is 0 Å². The van der Waals surface area contributed by atoms with Gasteiger partial charge >= 0.3 is 0 Å². The van der Waals surface area contributed by atoms with Gasteiger partial charge in [0.2, 0.25) is 0 Å². The highest BCUT2D eigenvalue weighted by molar-refractivity contribution is 4.96. The lowest BCUT2D eigenvalue weighted by atomic mass is 10.0. The van der Waals surface area contributed by atoms with E-state index >= 15 is 0 Å². The number of nitrogens with zero attached hydrogens (tertiary/aromatic N) is 2. The molecular weight excluding hydrogens is 292 g/mol. The van der Waals surface area contributed by atoms with Gasteiger partial charge in [0.15, 0.2) is 0 Å². The van der Waals surface area contributed by atoms with Crippen LogP contribution in [0.2, 0.25) is 0 Å². The van der Waals surface area contributed by atoms with Crippen molar-refractivity contribution in [2.75, 3.05) is 13.1 Å². The van der Waals surface area contributed by atoms with Gasteiger partial charge in [-0.25, -0.2) is 0 Å². The highest BCUT2D eigenvalue weighted by atomic mass is 15.4. The van der Waals surface area contributed by atoms with Gasteiger partial charge in [0.1, 0.15) is 6.17 Å². The molecule has 142 valence electrons. The van der Waals surface area contributed by atoms with Crippen LogP contribution < -0.4 is 0 Å². The van der Waals surface area contributed by atoms with E-state index in [2.05, 4.69) is 43.0 Å². The average molecular weight is 337 g/mol. The van der Waals surface area contributed by atoms with E-state index in [1.54, 1.807) is 0 Å². The van der Waals surface area contributed by atoms with Gasteiger partial charge in [-0.3, -0.25) is 0 Å². The highest BCUT2D eigenvalue weighted by Gasteiger charge is 2.23. The highest BCUT2D eigenvalue weighted by Crippen LogP contribution is 2.22. The van der Waals surface area contributed by atoms with Crippen molar-refractivity contribution in [2.45, 2.75) is 117 Å². The Morgan fingerprint density at radius 1 is 0.583 bits per heavy atom. The molecular formula is C22H44N2. The minimum Gasteiger partial charge on any atom is -0.356 e. The maximum Gasteiger partial charge on any atom is 0.101 e. The van der Waals surface area contributed by atoms with Gasteiger partial charge in [-0.05, 0) is 26.2 Å². The quantitative estimate of drug-likeness (QED) is 0.282. The monoisotopic (exact) mass is 336 g/mol. The largest absolute Gasteiger partial charge is 0.356 e. The van der Waals surface area contributed by atoms with Crippen molar-refractivity contribution in [3.63, 3.8) is 0 Å². The number of hydrogen-bond donors (Lipinski definition) is 0. The third-order valence-corrected chi connectivity index (χ3v) is 5.42. The average Bonchev–Trinajstić information content (AvgIpc) is 2.99. The molecule has 2 heteroatoms. The molecule has 0 bridgehead atoms. The maximum atomic E-state index is 2.57. The fourth-order valence-electron chi connectivity index (χ4n) is 3.76. The second kappa shape index (κ2) is 14.7. The molecule has 0 aromatic rings. The first kappa shape index (κ1) is 21.4. The number of unbranched alkanes of at least 4 members (excludes halogenated alkanes) is 11. The Morgan fingerprint density at radius 2 is 1.08 bits per heavy atom. The first-order valence-electron chi connectivity index (χ1n) is 11.0. The maximum absolute atomic E-state index is 2.57. The van der Waals surface area contributed by atoms with Crippen LogP contribution in [0.15, 0.2) is 12.4 Å². The van der Waals surface area contributed by atoms with Crippen LogP contribution in [0, 0.1) is 0 Å². The Balaban J connectivity index is 2.00. The van der Waals surface area contributed by atoms with Gasteiger partial charge in [0, 0.05) is 25.5 Å². The lowest BCUT2D eigenvalue weighted by Crippen LogP contribution is -2.38. The molecule has 0 radical (unpaired) electrons. The first-order chi connectivity index (χ1) is 11.8. The van der Waals surface area contributed by atoms with Crippen LogP contribution in [0.3, 0.4) is 0 Å². The predicted octanol–water partition coefficient (Wildman–Crippen LogP) is 6.92. The summed E-state index contributed by atoms with van der Waals surface area (Å²) in [7, 11) is 0. The van der Waals surface area contributed by atoms with Crippen LogP contribution in [0.1, 0.15) is 111 Å². The molecule has 2 nitrogen and oxygen atoms in total. The number of hydrogen-bond acceptors (Lipinski definition) is 2. The molecule has 0 N–H and O–H groups in total. The molecule has 0 fully saturated rings. The van der Waals surface area contributed by atoms with E-state index in [9.17, 15) is 0 Å². The van der Waals surface area contributed by atoms with Crippen molar-refractivity contribution in [2.24, 2.45) is 0 Å². The molecule has 0 saturated carbocycles. The second-order valence-electron chi connectivity index (χ2n) is 7.52. The molecule has 24 heavy (non-hydrogen) atoms. The predicted molar refractivity (Wildman–Crippen MR) is 108 cm³/mol. The standard InChI is InChI=1S/C22H44N2/c1-4-7-9-10-11-12-13-14-15-16-17-18-22-23(6-3)20-21-24(22)19-8-5-2/h20-22H,4-19H2,1-3H3. The van der Waals surface area contributed by atoms with E-state index in [-0.39, 0.29) is 0 Å². The SMILES string of the molecule is CCCCCCCCCCCCCC1N(CC)C=CN1CCCC. The number of rotatable bonds is 16. The zero-order valence-corrected chi connectivity index (χ0v) is 16.9. The zero-order chi connectivity index (χ0) is 17.5. The van der Waals surface area contributed by atoms with Crippen molar-refractivity contribution in [3.05, 3.63) is 12.4 Å². The Morgan fingerprint density at radius 3 is 1.62 bits per heavy atom. The third kappa shape index (κ3) is 8.99. The van der Waals surface area contributed by atoms with E-state index in [0.717, 1.165) is 6.54 Å². The van der Waals surface area contributed by atoms with Crippen LogP contribution in [0.4, 0.5) is 0 Å². The minimum atomic E-state index is 0.639. The van der Waals surface area contributed by atoms with Crippen molar-refractivity contribution in [1.82, 2.24) is 9.80 Å². The Kier molecular flexibility index (Phi) is 13.1. The molecule has 0 aromatic heterocycles. The lowest BCUT2D eigenvalue weighted by Gasteiger charge is -2.32. The molecule has 0 aromatic carbocycles. The fourth-order valence-corrected chi connectivity index (χ4v) is 3.76. The van der Waals surface area contributed by atoms with Crippen molar-refractivity contribution >= 4 is 0 Å². The van der Waals surface area contributed by atoms with Gasteiger partial charge < -0.3 is 9.80 Å². The smallest absolute Gasteiger partial charge is 0.101 e. The van der Waals surface area contributed by atoms with Gasteiger partial charge in [-0.15, -0.1) is 0 Å². The van der Waals surface area contributed by atoms with Crippen LogP contribution in [-0.4, -0.2) is 29.1 Å². The summed E-state index contributed by atoms with van der Waals surface area (Å²) in [6, 6.07) is 0. The van der Waals surface area contributed by atoms with E-state index < -0.39 is 0 Å². The molecule has 0 spiro atoms. The van der Waals surface area contributed by atoms with Crippen LogP contribution in [0.25, 0.3) is 0 Å². The Hall–Kier alpha value is -0.660. The summed E-state index contributed by atoms with van der Waals surface area (Å²) in [4.78, 5) is 5.09. The minimum absolute atomic E-state index is 0.639. The van der Waals surface area contributed by atoms with Gasteiger partial charge in [-0.1, -0.05) is 84.5 Å². The molecule has 1 unspecified atom stereocenters. The third-order valence-electron chi connectivity index (χ3n) is 5.42. The molecule has 1 aliphatic heterocycles. The van der Waals surface area contributed by atoms with E-state index in [0.29, 0.717) is 6.17 Å². The van der Waals surface area contributed by atoms with Crippen molar-refractivity contribution < 1.29 is 0 Å². The second-order valence-corrected chi connectivity index (χ2v) is 7.52. The normalized spacial score (nSPS) is 17.2. The summed E-state index contributed by atoms with van der Waals surface area (Å²) >= 11 is 0. The van der Waals surface area contributed by atoms with Crippen LogP contribution in [0.5, 0.6) is 0 Å². The van der Waals surface area contributed by atoms with E-state index in [4.69, 9.17) is 0 Å². The van der Waals surface area contributed by atoms with Crippen molar-refractivity contribution in [1.29, 1.82) is 0 Å². The topological polar surface area (TPSA) is 6.48 Å². The summed E-state index contributed by atoms with van der Waals surface area (Å²) in [6.45, 7) is 9.23. The summed E-state index contributed by atoms with van der Waals surface area (Å²) in [5, 5.41) is 0. The van der Waals surface area contributed by atoms with Gasteiger partial charge in [0.05, 0.1) is 0 Å². The first-order valence-corrected chi connectivity index (χ1v) is 11.0. The molecule has 1 heterocycles. The molecule has 1 aliphatic rings. The molecule has 0 saturated heterocycles. The van der Waals surface area contributed by atoms with Gasteiger partial charge in [0.25, 0.3) is 0 Å². The molecule has 0 amide bonds. The summed E-state index contributed by atoms with van der Waals surface area (Å²) in [5.74, 6) is 0. The summed E-state index contributed by atoms with van der Waals surface area (Å²) in [5.41, 5.74) is 0.